The lowest BCUT2D eigenvalue weighted by Gasteiger charge is -2.30. The van der Waals surface area contributed by atoms with Crippen LogP contribution in [0.5, 0.6) is 0 Å². The van der Waals surface area contributed by atoms with Crippen LogP contribution >= 0.6 is 0 Å². The summed E-state index contributed by atoms with van der Waals surface area (Å²) >= 11 is 0. The predicted molar refractivity (Wildman–Crippen MR) is 135 cm³/mol. The van der Waals surface area contributed by atoms with E-state index in [-0.39, 0.29) is 11.0 Å². The molecule has 1 saturated carbocycles. The highest BCUT2D eigenvalue weighted by Crippen LogP contribution is 2.27. The number of aromatic amines is 1. The summed E-state index contributed by atoms with van der Waals surface area (Å²) in [6.07, 6.45) is 6.68. The molecule has 4 rings (SSSR count). The van der Waals surface area contributed by atoms with Crippen molar-refractivity contribution in [3.05, 3.63) is 81.1 Å². The summed E-state index contributed by atoms with van der Waals surface area (Å²) in [5.74, 6) is 0.736. The van der Waals surface area contributed by atoms with E-state index in [2.05, 4.69) is 80.0 Å². The Hall–Kier alpha value is -2.39. The van der Waals surface area contributed by atoms with Gasteiger partial charge in [-0.2, -0.15) is 0 Å². The summed E-state index contributed by atoms with van der Waals surface area (Å²) in [5, 5.41) is 1.12. The van der Waals surface area contributed by atoms with Gasteiger partial charge in [0.05, 0.1) is 0 Å². The van der Waals surface area contributed by atoms with Crippen LogP contribution < -0.4 is 5.56 Å². The van der Waals surface area contributed by atoms with Crippen LogP contribution in [-0.2, 0) is 18.5 Å². The topological polar surface area (TPSA) is 36.1 Å². The lowest BCUT2D eigenvalue weighted by atomic mass is 9.86. The average molecular weight is 431 g/mol. The number of hydrogen-bond acceptors (Lipinski definition) is 2. The fourth-order valence-corrected chi connectivity index (χ4v) is 5.02. The first-order valence-corrected chi connectivity index (χ1v) is 12.2. The molecule has 0 aliphatic heterocycles. The van der Waals surface area contributed by atoms with Crippen molar-refractivity contribution in [1.82, 2.24) is 9.88 Å². The van der Waals surface area contributed by atoms with Crippen molar-refractivity contribution in [3.8, 4) is 0 Å². The molecule has 170 valence electrons. The highest BCUT2D eigenvalue weighted by molar-refractivity contribution is 5.79. The maximum Gasteiger partial charge on any atom is 0.252 e. The van der Waals surface area contributed by atoms with Gasteiger partial charge in [0, 0.05) is 30.7 Å². The summed E-state index contributed by atoms with van der Waals surface area (Å²) < 4.78 is 0. The number of aryl methyl sites for hydroxylation is 1. The average Bonchev–Trinajstić information content (AvgIpc) is 2.75. The van der Waals surface area contributed by atoms with Crippen LogP contribution in [0, 0.1) is 12.8 Å². The van der Waals surface area contributed by atoms with Gasteiger partial charge in [-0.15, -0.1) is 0 Å². The van der Waals surface area contributed by atoms with Crippen LogP contribution in [0.3, 0.4) is 0 Å². The molecule has 1 aromatic heterocycles. The second kappa shape index (κ2) is 9.62. The summed E-state index contributed by atoms with van der Waals surface area (Å²) in [6, 6.07) is 17.4. The Morgan fingerprint density at radius 2 is 1.66 bits per heavy atom. The monoisotopic (exact) mass is 430 g/mol. The van der Waals surface area contributed by atoms with E-state index in [1.54, 1.807) is 0 Å². The van der Waals surface area contributed by atoms with E-state index in [0.717, 1.165) is 35.5 Å². The Balaban J connectivity index is 1.58. The van der Waals surface area contributed by atoms with Crippen LogP contribution in [-0.4, -0.2) is 16.4 Å². The quantitative estimate of drug-likeness (QED) is 0.471. The van der Waals surface area contributed by atoms with Crippen LogP contribution in [0.1, 0.15) is 75.1 Å². The van der Waals surface area contributed by atoms with Crippen LogP contribution in [0.25, 0.3) is 10.9 Å². The largest absolute Gasteiger partial charge is 0.322 e. The summed E-state index contributed by atoms with van der Waals surface area (Å²) in [4.78, 5) is 18.5. The van der Waals surface area contributed by atoms with E-state index < -0.39 is 0 Å². The van der Waals surface area contributed by atoms with Crippen molar-refractivity contribution in [3.63, 3.8) is 0 Å². The first kappa shape index (κ1) is 22.8. The molecule has 1 N–H and O–H groups in total. The molecule has 0 atom stereocenters. The minimum absolute atomic E-state index is 0.0399. The molecule has 0 saturated heterocycles. The zero-order valence-corrected chi connectivity index (χ0v) is 20.2. The third-order valence-electron chi connectivity index (χ3n) is 6.94. The number of fused-ring (bicyclic) bond motifs is 1. The molecule has 3 nitrogen and oxygen atoms in total. The number of nitrogens with zero attached hydrogens (tertiary/aromatic N) is 1. The lowest BCUT2D eigenvalue weighted by molar-refractivity contribution is 0.186. The van der Waals surface area contributed by atoms with Gasteiger partial charge in [-0.1, -0.05) is 75.9 Å². The predicted octanol–water partition coefficient (Wildman–Crippen LogP) is 6.72. The number of benzene rings is 2. The van der Waals surface area contributed by atoms with Gasteiger partial charge in [0.25, 0.3) is 5.56 Å². The molecule has 3 heteroatoms. The second-order valence-corrected chi connectivity index (χ2v) is 10.8. The van der Waals surface area contributed by atoms with Crippen molar-refractivity contribution in [1.29, 1.82) is 0 Å². The lowest BCUT2D eigenvalue weighted by Crippen LogP contribution is -2.32. The Morgan fingerprint density at radius 1 is 0.938 bits per heavy atom. The summed E-state index contributed by atoms with van der Waals surface area (Å²) in [5.41, 5.74) is 5.89. The first-order valence-electron chi connectivity index (χ1n) is 12.2. The molecule has 1 aliphatic carbocycles. The smallest absolute Gasteiger partial charge is 0.252 e. The molecule has 0 radical (unpaired) electrons. The Labute approximate surface area is 192 Å². The molecule has 2 aromatic carbocycles. The molecular weight excluding hydrogens is 392 g/mol. The van der Waals surface area contributed by atoms with Crippen molar-refractivity contribution in [2.75, 3.05) is 6.54 Å². The zero-order chi connectivity index (χ0) is 22.7. The van der Waals surface area contributed by atoms with Crippen molar-refractivity contribution in [2.45, 2.75) is 78.3 Å². The highest BCUT2D eigenvalue weighted by atomic mass is 16.1. The standard InChI is InChI=1S/C29H38N2O/c1-21-10-15-27-24(16-21)17-25(28(32)30-27)20-31(18-22-8-6-5-7-9-22)19-23-11-13-26(14-12-23)29(2,3)4/h10-17,22H,5-9,18-20H2,1-4H3,(H,30,32). The number of aromatic nitrogens is 1. The molecule has 0 spiro atoms. The number of rotatable bonds is 6. The number of pyridine rings is 1. The van der Waals surface area contributed by atoms with Gasteiger partial charge in [0.15, 0.2) is 0 Å². The molecule has 1 heterocycles. The van der Waals surface area contributed by atoms with Crippen molar-refractivity contribution in [2.24, 2.45) is 5.92 Å². The molecular formula is C29H38N2O. The third kappa shape index (κ3) is 5.69. The van der Waals surface area contributed by atoms with E-state index in [0.29, 0.717) is 6.54 Å². The Kier molecular flexibility index (Phi) is 6.85. The van der Waals surface area contributed by atoms with Crippen LogP contribution in [0.15, 0.2) is 53.3 Å². The maximum absolute atomic E-state index is 12.9. The maximum atomic E-state index is 12.9. The fraction of sp³-hybridized carbons (Fsp3) is 0.483. The molecule has 32 heavy (non-hydrogen) atoms. The van der Waals surface area contributed by atoms with Gasteiger partial charge >= 0.3 is 0 Å². The Bertz CT molecular complexity index is 1100. The van der Waals surface area contributed by atoms with Gasteiger partial charge in [0.2, 0.25) is 0 Å². The van der Waals surface area contributed by atoms with Crippen molar-refractivity contribution < 1.29 is 0 Å². The summed E-state index contributed by atoms with van der Waals surface area (Å²) in [6.45, 7) is 11.5. The van der Waals surface area contributed by atoms with Gasteiger partial charge < -0.3 is 4.98 Å². The van der Waals surface area contributed by atoms with Crippen molar-refractivity contribution >= 4 is 10.9 Å². The number of hydrogen-bond donors (Lipinski definition) is 1. The molecule has 0 unspecified atom stereocenters. The van der Waals surface area contributed by atoms with E-state index in [4.69, 9.17) is 0 Å². The van der Waals surface area contributed by atoms with E-state index in [9.17, 15) is 4.79 Å². The Morgan fingerprint density at radius 3 is 2.34 bits per heavy atom. The number of nitrogens with one attached hydrogen (secondary N) is 1. The van der Waals surface area contributed by atoms with E-state index >= 15 is 0 Å². The van der Waals surface area contributed by atoms with Gasteiger partial charge in [0.1, 0.15) is 0 Å². The first-order chi connectivity index (χ1) is 15.3. The fourth-order valence-electron chi connectivity index (χ4n) is 5.02. The molecule has 1 aliphatic rings. The summed E-state index contributed by atoms with van der Waals surface area (Å²) in [7, 11) is 0. The molecule has 1 fully saturated rings. The molecule has 0 bridgehead atoms. The zero-order valence-electron chi connectivity index (χ0n) is 20.2. The van der Waals surface area contributed by atoms with Gasteiger partial charge in [-0.25, -0.2) is 0 Å². The van der Waals surface area contributed by atoms with Crippen LogP contribution in [0.4, 0.5) is 0 Å². The van der Waals surface area contributed by atoms with E-state index in [1.165, 1.54) is 48.8 Å². The van der Waals surface area contributed by atoms with Gasteiger partial charge in [-0.05, 0) is 65.8 Å². The molecule has 3 aromatic rings. The number of H-pyrrole nitrogens is 1. The normalized spacial score (nSPS) is 15.5. The minimum Gasteiger partial charge on any atom is -0.322 e. The molecule has 0 amide bonds. The van der Waals surface area contributed by atoms with Gasteiger partial charge in [-0.3, -0.25) is 9.69 Å². The highest BCUT2D eigenvalue weighted by Gasteiger charge is 2.19. The van der Waals surface area contributed by atoms with E-state index in [1.807, 2.05) is 6.07 Å². The second-order valence-electron chi connectivity index (χ2n) is 10.8. The third-order valence-corrected chi connectivity index (χ3v) is 6.94. The SMILES string of the molecule is Cc1ccc2[nH]c(=O)c(CN(Cc3ccc(C(C)(C)C)cc3)CC3CCCCC3)cc2c1. The minimum atomic E-state index is 0.0399. The van der Waals surface area contributed by atoms with Crippen LogP contribution in [0.2, 0.25) is 0 Å².